The SMILES string of the molecule is Br.Br.CCC(Oc1ccc(N=C(Nc2ccc(OC)cc2)c2ccccc2)cc1)C1CCNC1. The molecule has 0 bridgehead atoms. The summed E-state index contributed by atoms with van der Waals surface area (Å²) in [5, 5.41) is 6.88. The van der Waals surface area contributed by atoms with Gasteiger partial charge in [-0.3, -0.25) is 0 Å². The molecule has 1 aliphatic heterocycles. The lowest BCUT2D eigenvalue weighted by Gasteiger charge is -2.23. The summed E-state index contributed by atoms with van der Waals surface area (Å²) in [6.45, 7) is 4.32. The molecule has 0 saturated carbocycles. The summed E-state index contributed by atoms with van der Waals surface area (Å²) in [6.07, 6.45) is 2.44. The van der Waals surface area contributed by atoms with Gasteiger partial charge in [-0.2, -0.15) is 0 Å². The molecule has 1 fully saturated rings. The summed E-state index contributed by atoms with van der Waals surface area (Å²) >= 11 is 0. The predicted molar refractivity (Wildman–Crippen MR) is 152 cm³/mol. The molecular weight excluding hydrogens is 558 g/mol. The zero-order valence-corrected chi connectivity index (χ0v) is 23.0. The van der Waals surface area contributed by atoms with E-state index >= 15 is 0 Å². The van der Waals surface area contributed by atoms with Crippen molar-refractivity contribution in [3.05, 3.63) is 84.4 Å². The third-order valence-electron chi connectivity index (χ3n) is 5.79. The van der Waals surface area contributed by atoms with Crippen LogP contribution in [-0.2, 0) is 0 Å². The Labute approximate surface area is 223 Å². The van der Waals surface area contributed by atoms with E-state index in [9.17, 15) is 0 Å². The van der Waals surface area contributed by atoms with Crippen LogP contribution in [0.4, 0.5) is 11.4 Å². The maximum absolute atomic E-state index is 6.29. The monoisotopic (exact) mass is 589 g/mol. The quantitative estimate of drug-likeness (QED) is 0.223. The first-order chi connectivity index (χ1) is 15.7. The van der Waals surface area contributed by atoms with Crippen LogP contribution in [-0.4, -0.2) is 32.1 Å². The molecule has 0 aliphatic carbocycles. The van der Waals surface area contributed by atoms with Crippen LogP contribution in [0, 0.1) is 5.92 Å². The molecule has 34 heavy (non-hydrogen) atoms. The van der Waals surface area contributed by atoms with Gasteiger partial charge in [-0.05, 0) is 67.9 Å². The smallest absolute Gasteiger partial charge is 0.138 e. The molecule has 1 aliphatic rings. The number of nitrogens with zero attached hydrogens (tertiary/aromatic N) is 1. The van der Waals surface area contributed by atoms with Gasteiger partial charge < -0.3 is 20.1 Å². The Morgan fingerprint density at radius 1 is 0.971 bits per heavy atom. The van der Waals surface area contributed by atoms with Gasteiger partial charge in [-0.1, -0.05) is 37.3 Å². The van der Waals surface area contributed by atoms with Gasteiger partial charge in [0, 0.05) is 23.7 Å². The van der Waals surface area contributed by atoms with Crippen LogP contribution >= 0.6 is 34.0 Å². The zero-order chi connectivity index (χ0) is 22.2. The Balaban J connectivity index is 0.00000204. The third kappa shape index (κ3) is 7.58. The number of methoxy groups -OCH3 is 1. The molecule has 182 valence electrons. The fourth-order valence-corrected chi connectivity index (χ4v) is 3.98. The van der Waals surface area contributed by atoms with Gasteiger partial charge in [-0.25, -0.2) is 4.99 Å². The van der Waals surface area contributed by atoms with E-state index in [1.807, 2.05) is 78.9 Å². The van der Waals surface area contributed by atoms with Crippen molar-refractivity contribution in [3.8, 4) is 11.5 Å². The second kappa shape index (κ2) is 14.1. The van der Waals surface area contributed by atoms with Crippen LogP contribution in [0.25, 0.3) is 0 Å². The highest BCUT2D eigenvalue weighted by atomic mass is 79.9. The molecule has 3 aromatic carbocycles. The standard InChI is InChI=1S/C27H31N3O2.2BrH/c1-3-26(21-17-18-28-19-21)32-25-15-11-23(12-16-25)30-27(20-7-5-4-6-8-20)29-22-9-13-24(31-2)14-10-22;;/h4-16,21,26,28H,3,17-19H2,1-2H3,(H,29,30);2*1H. The van der Waals surface area contributed by atoms with Gasteiger partial charge in [0.05, 0.1) is 12.8 Å². The summed E-state index contributed by atoms with van der Waals surface area (Å²) in [5.74, 6) is 3.08. The molecule has 4 rings (SSSR count). The van der Waals surface area contributed by atoms with Crippen LogP contribution in [0.15, 0.2) is 83.9 Å². The molecule has 0 radical (unpaired) electrons. The van der Waals surface area contributed by atoms with E-state index in [2.05, 4.69) is 17.6 Å². The minimum absolute atomic E-state index is 0. The van der Waals surface area contributed by atoms with E-state index in [0.717, 1.165) is 53.8 Å². The highest BCUT2D eigenvalue weighted by Crippen LogP contribution is 2.25. The van der Waals surface area contributed by atoms with Crippen molar-refractivity contribution in [2.45, 2.75) is 25.9 Å². The molecule has 0 spiro atoms. The maximum Gasteiger partial charge on any atom is 0.138 e. The summed E-state index contributed by atoms with van der Waals surface area (Å²) in [6, 6.07) is 26.0. The number of amidine groups is 1. The number of benzene rings is 3. The second-order valence-electron chi connectivity index (χ2n) is 7.99. The average Bonchev–Trinajstić information content (AvgIpc) is 3.39. The van der Waals surface area contributed by atoms with Crippen LogP contribution in [0.3, 0.4) is 0 Å². The first-order valence-electron chi connectivity index (χ1n) is 11.3. The fraction of sp³-hybridized carbons (Fsp3) is 0.296. The lowest BCUT2D eigenvalue weighted by atomic mass is 9.99. The molecule has 5 nitrogen and oxygen atoms in total. The topological polar surface area (TPSA) is 54.9 Å². The number of nitrogens with one attached hydrogen (secondary N) is 2. The second-order valence-corrected chi connectivity index (χ2v) is 7.99. The van der Waals surface area contributed by atoms with E-state index in [0.29, 0.717) is 5.92 Å². The van der Waals surface area contributed by atoms with Crippen molar-refractivity contribution >= 4 is 51.2 Å². The molecule has 1 heterocycles. The molecule has 0 amide bonds. The third-order valence-corrected chi connectivity index (χ3v) is 5.79. The van der Waals surface area contributed by atoms with Gasteiger partial charge in [-0.15, -0.1) is 34.0 Å². The van der Waals surface area contributed by atoms with E-state index in [1.54, 1.807) is 7.11 Å². The molecule has 3 aromatic rings. The summed E-state index contributed by atoms with van der Waals surface area (Å²) < 4.78 is 11.6. The van der Waals surface area contributed by atoms with Gasteiger partial charge in [0.15, 0.2) is 0 Å². The lowest BCUT2D eigenvalue weighted by molar-refractivity contribution is 0.138. The Morgan fingerprint density at radius 2 is 1.65 bits per heavy atom. The van der Waals surface area contributed by atoms with Gasteiger partial charge in [0.1, 0.15) is 23.4 Å². The molecule has 0 aromatic heterocycles. The van der Waals surface area contributed by atoms with Crippen molar-refractivity contribution in [2.75, 3.05) is 25.5 Å². The van der Waals surface area contributed by atoms with Crippen molar-refractivity contribution in [3.63, 3.8) is 0 Å². The van der Waals surface area contributed by atoms with Gasteiger partial charge in [0.2, 0.25) is 0 Å². The number of ether oxygens (including phenoxy) is 2. The summed E-state index contributed by atoms with van der Waals surface area (Å²) in [5.41, 5.74) is 2.83. The van der Waals surface area contributed by atoms with E-state index in [4.69, 9.17) is 14.5 Å². The molecular formula is C27H33Br2N3O2. The zero-order valence-electron chi connectivity index (χ0n) is 19.6. The van der Waals surface area contributed by atoms with Gasteiger partial charge in [0.25, 0.3) is 0 Å². The van der Waals surface area contributed by atoms with Gasteiger partial charge >= 0.3 is 0 Å². The number of hydrogen-bond acceptors (Lipinski definition) is 4. The van der Waals surface area contributed by atoms with Crippen molar-refractivity contribution < 1.29 is 9.47 Å². The highest BCUT2D eigenvalue weighted by Gasteiger charge is 2.24. The first kappa shape index (κ1) is 27.9. The Kier molecular flexibility index (Phi) is 11.6. The van der Waals surface area contributed by atoms with Crippen LogP contribution in [0.2, 0.25) is 0 Å². The largest absolute Gasteiger partial charge is 0.497 e. The normalized spacial score (nSPS) is 16.1. The Morgan fingerprint density at radius 3 is 2.24 bits per heavy atom. The number of hydrogen-bond donors (Lipinski definition) is 2. The molecule has 2 N–H and O–H groups in total. The minimum Gasteiger partial charge on any atom is -0.497 e. The summed E-state index contributed by atoms with van der Waals surface area (Å²) in [7, 11) is 1.67. The molecule has 7 heteroatoms. The molecule has 2 atom stereocenters. The molecule has 1 saturated heterocycles. The van der Waals surface area contributed by atoms with E-state index < -0.39 is 0 Å². The Bertz CT molecular complexity index is 1010. The van der Waals surface area contributed by atoms with E-state index in [1.165, 1.54) is 6.42 Å². The lowest BCUT2D eigenvalue weighted by Crippen LogP contribution is -2.28. The van der Waals surface area contributed by atoms with Crippen molar-refractivity contribution in [2.24, 2.45) is 10.9 Å². The number of rotatable bonds is 8. The van der Waals surface area contributed by atoms with Crippen molar-refractivity contribution in [1.82, 2.24) is 5.32 Å². The van der Waals surface area contributed by atoms with Crippen LogP contribution in [0.5, 0.6) is 11.5 Å². The minimum atomic E-state index is 0. The predicted octanol–water partition coefficient (Wildman–Crippen LogP) is 6.81. The average molecular weight is 591 g/mol. The highest BCUT2D eigenvalue weighted by molar-refractivity contribution is 8.93. The van der Waals surface area contributed by atoms with Crippen LogP contribution in [0.1, 0.15) is 25.3 Å². The molecule has 2 unspecified atom stereocenters. The maximum atomic E-state index is 6.29. The van der Waals surface area contributed by atoms with E-state index in [-0.39, 0.29) is 40.1 Å². The first-order valence-corrected chi connectivity index (χ1v) is 11.3. The van der Waals surface area contributed by atoms with Crippen LogP contribution < -0.4 is 20.1 Å². The number of halogens is 2. The van der Waals surface area contributed by atoms with Crippen molar-refractivity contribution in [1.29, 1.82) is 0 Å². The fourth-order valence-electron chi connectivity index (χ4n) is 3.98. The number of anilines is 1. The Hall–Kier alpha value is -2.35. The number of aliphatic imine (C=N–C) groups is 1. The summed E-state index contributed by atoms with van der Waals surface area (Å²) in [4.78, 5) is 4.89.